The Hall–Kier alpha value is -2.69. The van der Waals surface area contributed by atoms with E-state index in [-0.39, 0.29) is 11.8 Å². The van der Waals surface area contributed by atoms with E-state index in [2.05, 4.69) is 15.3 Å². The van der Waals surface area contributed by atoms with Gasteiger partial charge in [0.25, 0.3) is 0 Å². The van der Waals surface area contributed by atoms with E-state index in [1.54, 1.807) is 12.4 Å². The highest BCUT2D eigenvalue weighted by atomic mass is 16.3. The minimum atomic E-state index is 0.0907. The van der Waals surface area contributed by atoms with Crippen LogP contribution in [-0.2, 0) is 4.79 Å². The van der Waals surface area contributed by atoms with Gasteiger partial charge in [-0.3, -0.25) is 4.79 Å². The monoisotopic (exact) mass is 321 g/mol. The maximum atomic E-state index is 12.4. The summed E-state index contributed by atoms with van der Waals surface area (Å²) in [6.07, 6.45) is 10.4. The summed E-state index contributed by atoms with van der Waals surface area (Å²) in [7, 11) is 0. The number of nitrogens with one attached hydrogen (secondary N) is 1. The standard InChI is InChI=1S/C19H19N3O2/c23-19(13-4-2-1-3-5-13)22-18-9-16-8-14(17-11-20-12-24-17)6-7-15(16)10-21-18/h6-13H,1-5H2,(H,21,22,23). The number of hydrogen-bond acceptors (Lipinski definition) is 4. The van der Waals surface area contributed by atoms with E-state index in [0.717, 1.165) is 47.8 Å². The minimum Gasteiger partial charge on any atom is -0.444 e. The largest absolute Gasteiger partial charge is 0.444 e. The SMILES string of the molecule is O=C(Nc1cc2cc(-c3cnco3)ccc2cn1)C1CCCCC1. The number of aromatic nitrogens is 2. The van der Waals surface area contributed by atoms with Crippen molar-refractivity contribution in [1.82, 2.24) is 9.97 Å². The van der Waals surface area contributed by atoms with Crippen molar-refractivity contribution in [3.8, 4) is 11.3 Å². The molecule has 2 heterocycles. The average Bonchev–Trinajstić information content (AvgIpc) is 3.16. The van der Waals surface area contributed by atoms with E-state index < -0.39 is 0 Å². The van der Waals surface area contributed by atoms with Crippen molar-refractivity contribution in [1.29, 1.82) is 0 Å². The van der Waals surface area contributed by atoms with Crippen molar-refractivity contribution >= 4 is 22.5 Å². The summed E-state index contributed by atoms with van der Waals surface area (Å²) >= 11 is 0. The number of benzene rings is 1. The normalized spacial score (nSPS) is 15.5. The second-order valence-corrected chi connectivity index (χ2v) is 6.32. The van der Waals surface area contributed by atoms with Gasteiger partial charge in [0.2, 0.25) is 5.91 Å². The lowest BCUT2D eigenvalue weighted by Crippen LogP contribution is -2.25. The van der Waals surface area contributed by atoms with E-state index >= 15 is 0 Å². The van der Waals surface area contributed by atoms with Crippen LogP contribution in [0.3, 0.4) is 0 Å². The zero-order chi connectivity index (χ0) is 16.4. The Morgan fingerprint density at radius 1 is 1.08 bits per heavy atom. The Morgan fingerprint density at radius 2 is 1.96 bits per heavy atom. The summed E-state index contributed by atoms with van der Waals surface area (Å²) in [6, 6.07) is 7.90. The highest BCUT2D eigenvalue weighted by Crippen LogP contribution is 2.27. The second-order valence-electron chi connectivity index (χ2n) is 6.32. The number of hydrogen-bond donors (Lipinski definition) is 1. The summed E-state index contributed by atoms with van der Waals surface area (Å²) < 4.78 is 5.35. The fourth-order valence-electron chi connectivity index (χ4n) is 3.31. The first-order valence-corrected chi connectivity index (χ1v) is 8.39. The fourth-order valence-corrected chi connectivity index (χ4v) is 3.31. The Labute approximate surface area is 140 Å². The van der Waals surface area contributed by atoms with Crippen LogP contribution in [0.1, 0.15) is 32.1 Å². The zero-order valence-corrected chi connectivity index (χ0v) is 13.4. The van der Waals surface area contributed by atoms with Gasteiger partial charge in [0.05, 0.1) is 6.20 Å². The highest BCUT2D eigenvalue weighted by molar-refractivity contribution is 5.94. The lowest BCUT2D eigenvalue weighted by Gasteiger charge is -2.20. The third kappa shape index (κ3) is 3.02. The first-order chi connectivity index (χ1) is 11.8. The van der Waals surface area contributed by atoms with Crippen LogP contribution in [0.5, 0.6) is 0 Å². The lowest BCUT2D eigenvalue weighted by molar-refractivity contribution is -0.120. The molecule has 1 fully saturated rings. The summed E-state index contributed by atoms with van der Waals surface area (Å²) in [5.74, 6) is 1.54. The van der Waals surface area contributed by atoms with Crippen LogP contribution >= 0.6 is 0 Å². The molecule has 0 bridgehead atoms. The maximum Gasteiger partial charge on any atom is 0.228 e. The topological polar surface area (TPSA) is 68.0 Å². The Morgan fingerprint density at radius 3 is 2.75 bits per heavy atom. The van der Waals surface area contributed by atoms with Crippen LogP contribution in [0.15, 0.2) is 47.5 Å². The Bertz CT molecular complexity index is 852. The summed E-state index contributed by atoms with van der Waals surface area (Å²) in [5.41, 5.74) is 0.954. The number of rotatable bonds is 3. The molecule has 122 valence electrons. The molecule has 0 spiro atoms. The van der Waals surface area contributed by atoms with Crippen molar-refractivity contribution in [3.63, 3.8) is 0 Å². The fraction of sp³-hybridized carbons (Fsp3) is 0.316. The number of carbonyl (C=O) groups is 1. The van der Waals surface area contributed by atoms with Crippen LogP contribution < -0.4 is 5.32 Å². The van der Waals surface area contributed by atoms with Crippen LogP contribution in [0, 0.1) is 5.92 Å². The van der Waals surface area contributed by atoms with Gasteiger partial charge < -0.3 is 9.73 Å². The molecule has 2 aromatic heterocycles. The summed E-state index contributed by atoms with van der Waals surface area (Å²) in [4.78, 5) is 20.7. The molecule has 5 nitrogen and oxygen atoms in total. The number of pyridine rings is 1. The molecule has 24 heavy (non-hydrogen) atoms. The van der Waals surface area contributed by atoms with E-state index in [1.807, 2.05) is 24.3 Å². The van der Waals surface area contributed by atoms with Gasteiger partial charge in [-0.2, -0.15) is 0 Å². The molecule has 1 aromatic carbocycles. The molecule has 1 amide bonds. The predicted molar refractivity (Wildman–Crippen MR) is 92.4 cm³/mol. The summed E-state index contributed by atoms with van der Waals surface area (Å²) in [6.45, 7) is 0. The second kappa shape index (κ2) is 6.43. The molecule has 0 saturated heterocycles. The Balaban J connectivity index is 1.58. The minimum absolute atomic E-state index is 0.0907. The van der Waals surface area contributed by atoms with Crippen LogP contribution in [-0.4, -0.2) is 15.9 Å². The van der Waals surface area contributed by atoms with E-state index in [9.17, 15) is 4.79 Å². The predicted octanol–water partition coefficient (Wildman–Crippen LogP) is 4.41. The highest BCUT2D eigenvalue weighted by Gasteiger charge is 2.21. The quantitative estimate of drug-likeness (QED) is 0.776. The third-order valence-electron chi connectivity index (χ3n) is 4.67. The van der Waals surface area contributed by atoms with E-state index in [0.29, 0.717) is 5.82 Å². The molecule has 3 aromatic rings. The van der Waals surface area contributed by atoms with Gasteiger partial charge in [-0.15, -0.1) is 0 Å². The first kappa shape index (κ1) is 14.9. The number of nitrogens with zero attached hydrogens (tertiary/aromatic N) is 2. The molecule has 0 atom stereocenters. The zero-order valence-electron chi connectivity index (χ0n) is 13.4. The smallest absolute Gasteiger partial charge is 0.228 e. The van der Waals surface area contributed by atoms with Gasteiger partial charge in [-0.1, -0.05) is 31.4 Å². The number of oxazole rings is 1. The van der Waals surface area contributed by atoms with Crippen LogP contribution in [0.4, 0.5) is 5.82 Å². The van der Waals surface area contributed by atoms with Gasteiger partial charge in [-0.25, -0.2) is 9.97 Å². The van der Waals surface area contributed by atoms with Gasteiger partial charge in [-0.05, 0) is 30.4 Å². The van der Waals surface area contributed by atoms with Crippen molar-refractivity contribution in [2.75, 3.05) is 5.32 Å². The number of carbonyl (C=O) groups excluding carboxylic acids is 1. The van der Waals surface area contributed by atoms with E-state index in [4.69, 9.17) is 4.42 Å². The number of fused-ring (bicyclic) bond motifs is 1. The van der Waals surface area contributed by atoms with Gasteiger partial charge >= 0.3 is 0 Å². The molecular formula is C19H19N3O2. The Kier molecular flexibility index (Phi) is 3.99. The molecule has 1 N–H and O–H groups in total. The molecule has 5 heteroatoms. The van der Waals surface area contributed by atoms with Crippen LogP contribution in [0.25, 0.3) is 22.1 Å². The molecule has 1 aliphatic rings. The van der Waals surface area contributed by atoms with Gasteiger partial charge in [0.1, 0.15) is 5.82 Å². The first-order valence-electron chi connectivity index (χ1n) is 8.39. The maximum absolute atomic E-state index is 12.4. The van der Waals surface area contributed by atoms with Crippen LogP contribution in [0.2, 0.25) is 0 Å². The number of amides is 1. The molecule has 4 rings (SSSR count). The average molecular weight is 321 g/mol. The van der Waals surface area contributed by atoms with Crippen molar-refractivity contribution in [2.45, 2.75) is 32.1 Å². The van der Waals surface area contributed by atoms with Gasteiger partial charge in [0, 0.05) is 23.1 Å². The van der Waals surface area contributed by atoms with Gasteiger partial charge in [0.15, 0.2) is 12.2 Å². The molecule has 1 aliphatic carbocycles. The van der Waals surface area contributed by atoms with Crippen molar-refractivity contribution in [3.05, 3.63) is 43.1 Å². The number of anilines is 1. The molecule has 0 aliphatic heterocycles. The van der Waals surface area contributed by atoms with Crippen molar-refractivity contribution in [2.24, 2.45) is 5.92 Å². The molecular weight excluding hydrogens is 302 g/mol. The molecule has 1 saturated carbocycles. The van der Waals surface area contributed by atoms with E-state index in [1.165, 1.54) is 12.8 Å². The third-order valence-corrected chi connectivity index (χ3v) is 4.67. The summed E-state index contributed by atoms with van der Waals surface area (Å²) in [5, 5.41) is 5.01. The molecule has 0 radical (unpaired) electrons. The lowest BCUT2D eigenvalue weighted by atomic mass is 9.89. The molecule has 0 unspecified atom stereocenters. The van der Waals surface area contributed by atoms with Crippen molar-refractivity contribution < 1.29 is 9.21 Å².